The molecule has 8 heteroatoms. The number of hydrogen-bond acceptors (Lipinski definition) is 6. The Labute approximate surface area is 195 Å². The van der Waals surface area contributed by atoms with Crippen molar-refractivity contribution in [3.05, 3.63) is 65.7 Å². The first-order chi connectivity index (χ1) is 16.0. The highest BCUT2D eigenvalue weighted by Gasteiger charge is 2.38. The van der Waals surface area contributed by atoms with E-state index in [4.69, 9.17) is 16.3 Å². The summed E-state index contributed by atoms with van der Waals surface area (Å²) in [7, 11) is 0. The van der Waals surface area contributed by atoms with Crippen molar-refractivity contribution >= 4 is 22.8 Å². The maximum Gasteiger partial charge on any atom is 0.296 e. The highest BCUT2D eigenvalue weighted by atomic mass is 35.5. The van der Waals surface area contributed by atoms with Gasteiger partial charge in [0.05, 0.1) is 22.3 Å². The molecule has 4 aromatic rings. The number of aromatic amines is 1. The summed E-state index contributed by atoms with van der Waals surface area (Å²) in [6, 6.07) is 20.1. The van der Waals surface area contributed by atoms with Crippen molar-refractivity contribution in [1.82, 2.24) is 15.0 Å². The van der Waals surface area contributed by atoms with Gasteiger partial charge in [0.15, 0.2) is 5.65 Å². The molecule has 1 aliphatic carbocycles. The molecule has 0 bridgehead atoms. The summed E-state index contributed by atoms with van der Waals surface area (Å²) >= 11 is 6.52. The maximum absolute atomic E-state index is 10.4. The fraction of sp³-hybridized carbons (Fsp3) is 0.280. The molecule has 1 aliphatic rings. The van der Waals surface area contributed by atoms with E-state index in [2.05, 4.69) is 27.1 Å². The van der Waals surface area contributed by atoms with Crippen LogP contribution in [0.3, 0.4) is 0 Å². The highest BCUT2D eigenvalue weighted by Crippen LogP contribution is 2.32. The number of ether oxygens (including phenoxy) is 1. The Morgan fingerprint density at radius 1 is 0.909 bits per heavy atom. The lowest BCUT2D eigenvalue weighted by atomic mass is 9.83. The molecule has 1 fully saturated rings. The number of nitrogens with zero attached hydrogens (tertiary/aromatic N) is 2. The normalized spacial score (nSPS) is 23.0. The Morgan fingerprint density at radius 3 is 2.33 bits per heavy atom. The van der Waals surface area contributed by atoms with Crippen molar-refractivity contribution in [2.45, 2.75) is 31.2 Å². The number of aromatic nitrogens is 3. The van der Waals surface area contributed by atoms with Crippen LogP contribution in [0.5, 0.6) is 6.01 Å². The van der Waals surface area contributed by atoms with Crippen LogP contribution in [0, 0.1) is 5.92 Å². The average molecular weight is 466 g/mol. The fourth-order valence-corrected chi connectivity index (χ4v) is 4.56. The van der Waals surface area contributed by atoms with Crippen LogP contribution in [0.15, 0.2) is 60.7 Å². The van der Waals surface area contributed by atoms with E-state index < -0.39 is 18.3 Å². The highest BCUT2D eigenvalue weighted by molar-refractivity contribution is 6.33. The Balaban J connectivity index is 1.38. The van der Waals surface area contributed by atoms with Crippen molar-refractivity contribution in [3.8, 4) is 28.4 Å². The third-order valence-corrected chi connectivity index (χ3v) is 6.49. The molecule has 7 nitrogen and oxygen atoms in total. The predicted octanol–water partition coefficient (Wildman–Crippen LogP) is 3.82. The van der Waals surface area contributed by atoms with Gasteiger partial charge in [-0.1, -0.05) is 66.2 Å². The molecule has 5 rings (SSSR count). The minimum atomic E-state index is -1.11. The molecule has 2 aromatic heterocycles. The summed E-state index contributed by atoms with van der Waals surface area (Å²) in [5.41, 5.74) is 4.76. The van der Waals surface area contributed by atoms with Crippen LogP contribution in [0.25, 0.3) is 33.5 Å². The van der Waals surface area contributed by atoms with Gasteiger partial charge in [-0.25, -0.2) is 4.98 Å². The van der Waals surface area contributed by atoms with E-state index in [-0.39, 0.29) is 18.5 Å². The molecule has 170 valence electrons. The first-order valence-corrected chi connectivity index (χ1v) is 11.3. The van der Waals surface area contributed by atoms with Gasteiger partial charge >= 0.3 is 0 Å². The number of aliphatic hydroxyl groups is 3. The first-order valence-electron chi connectivity index (χ1n) is 10.9. The van der Waals surface area contributed by atoms with Gasteiger partial charge in [-0.15, -0.1) is 0 Å². The molecule has 33 heavy (non-hydrogen) atoms. The van der Waals surface area contributed by atoms with E-state index in [0.29, 0.717) is 34.7 Å². The molecule has 4 N–H and O–H groups in total. The van der Waals surface area contributed by atoms with Gasteiger partial charge in [-0.05, 0) is 30.0 Å². The SMILES string of the molecule is OC[C@H]1CC[C@H](Oc2nc3nc(-c4ccc(-c5ccccc5)cc4)c(Cl)cc3[nH]2)[C@@H](O)[C@@H]1O. The Bertz CT molecular complexity index is 1250. The van der Waals surface area contributed by atoms with Crippen molar-refractivity contribution in [3.63, 3.8) is 0 Å². The van der Waals surface area contributed by atoms with Gasteiger partial charge in [-0.2, -0.15) is 4.98 Å². The predicted molar refractivity (Wildman–Crippen MR) is 126 cm³/mol. The zero-order valence-corrected chi connectivity index (χ0v) is 18.5. The zero-order chi connectivity index (χ0) is 22.9. The minimum absolute atomic E-state index is 0.174. The van der Waals surface area contributed by atoms with E-state index in [0.717, 1.165) is 16.7 Å². The number of aliphatic hydroxyl groups excluding tert-OH is 3. The smallest absolute Gasteiger partial charge is 0.296 e. The summed E-state index contributed by atoms with van der Waals surface area (Å²) in [5.74, 6) is -0.355. The second kappa shape index (κ2) is 9.11. The van der Waals surface area contributed by atoms with Gasteiger partial charge in [0.2, 0.25) is 0 Å². The quantitative estimate of drug-likeness (QED) is 0.356. The van der Waals surface area contributed by atoms with Crippen molar-refractivity contribution in [2.24, 2.45) is 5.92 Å². The van der Waals surface area contributed by atoms with Gasteiger partial charge < -0.3 is 25.0 Å². The molecular formula is C25H24ClN3O4. The molecule has 2 heterocycles. The number of fused-ring (bicyclic) bond motifs is 1. The van der Waals surface area contributed by atoms with Gasteiger partial charge in [-0.3, -0.25) is 0 Å². The molecule has 0 aliphatic heterocycles. The average Bonchev–Trinajstić information content (AvgIpc) is 3.23. The van der Waals surface area contributed by atoms with E-state index in [9.17, 15) is 15.3 Å². The molecule has 0 radical (unpaired) electrons. The first kappa shape index (κ1) is 21.9. The van der Waals surface area contributed by atoms with Crippen molar-refractivity contribution < 1.29 is 20.1 Å². The monoisotopic (exact) mass is 465 g/mol. The number of H-pyrrole nitrogens is 1. The molecule has 0 amide bonds. The Kier molecular flexibility index (Phi) is 6.03. The van der Waals surface area contributed by atoms with Crippen LogP contribution in [0.4, 0.5) is 0 Å². The van der Waals surface area contributed by atoms with Gasteiger partial charge in [0.1, 0.15) is 12.2 Å². The van der Waals surface area contributed by atoms with Crippen LogP contribution >= 0.6 is 11.6 Å². The molecular weight excluding hydrogens is 442 g/mol. The Hall–Kier alpha value is -2.97. The molecule has 1 saturated carbocycles. The van der Waals surface area contributed by atoms with Crippen LogP contribution in [-0.4, -0.2) is 55.2 Å². The molecule has 0 spiro atoms. The lowest BCUT2D eigenvalue weighted by molar-refractivity contribution is -0.111. The Morgan fingerprint density at radius 2 is 1.61 bits per heavy atom. The second-order valence-corrected chi connectivity index (χ2v) is 8.74. The fourth-order valence-electron chi connectivity index (χ4n) is 4.30. The zero-order valence-electron chi connectivity index (χ0n) is 17.7. The lowest BCUT2D eigenvalue weighted by Gasteiger charge is -2.36. The molecule has 2 aromatic carbocycles. The number of hydrogen-bond donors (Lipinski definition) is 4. The summed E-state index contributed by atoms with van der Waals surface area (Å²) in [6.45, 7) is -0.174. The molecule has 0 saturated heterocycles. The third kappa shape index (κ3) is 4.32. The topological polar surface area (TPSA) is 111 Å². The number of imidazole rings is 1. The number of pyridine rings is 1. The minimum Gasteiger partial charge on any atom is -0.459 e. The summed E-state index contributed by atoms with van der Waals surface area (Å²) in [6.07, 6.45) is -1.75. The van der Waals surface area contributed by atoms with Gasteiger partial charge in [0, 0.05) is 18.1 Å². The van der Waals surface area contributed by atoms with E-state index in [1.807, 2.05) is 42.5 Å². The van der Waals surface area contributed by atoms with Crippen LogP contribution in [0.1, 0.15) is 12.8 Å². The maximum atomic E-state index is 10.4. The van der Waals surface area contributed by atoms with Crippen molar-refractivity contribution in [2.75, 3.05) is 6.61 Å². The molecule has 4 atom stereocenters. The number of halogens is 1. The van der Waals surface area contributed by atoms with Crippen molar-refractivity contribution in [1.29, 1.82) is 0 Å². The second-order valence-electron chi connectivity index (χ2n) is 8.33. The van der Waals surface area contributed by atoms with Crippen LogP contribution < -0.4 is 4.74 Å². The summed E-state index contributed by atoms with van der Waals surface area (Å²) in [4.78, 5) is 12.1. The van der Waals surface area contributed by atoms with E-state index >= 15 is 0 Å². The number of nitrogens with one attached hydrogen (secondary N) is 1. The summed E-state index contributed by atoms with van der Waals surface area (Å²) < 4.78 is 5.82. The summed E-state index contributed by atoms with van der Waals surface area (Å²) in [5, 5.41) is 30.3. The van der Waals surface area contributed by atoms with E-state index in [1.54, 1.807) is 6.07 Å². The van der Waals surface area contributed by atoms with Crippen LogP contribution in [-0.2, 0) is 0 Å². The lowest BCUT2D eigenvalue weighted by Crippen LogP contribution is -2.49. The molecule has 0 unspecified atom stereocenters. The standard InChI is InChI=1S/C25H24ClN3O4/c26-18-12-19-24(29-25(27-19)33-20-11-10-17(13-30)22(31)23(20)32)28-21(18)16-8-6-15(7-9-16)14-4-2-1-3-5-14/h1-9,12,17,20,22-23,30-32H,10-11,13H2,(H,27,28,29)/t17-,20+,22-,23-/m1/s1. The largest absolute Gasteiger partial charge is 0.459 e. The van der Waals surface area contributed by atoms with E-state index in [1.165, 1.54) is 0 Å². The number of rotatable bonds is 5. The van der Waals surface area contributed by atoms with Crippen LogP contribution in [0.2, 0.25) is 5.02 Å². The van der Waals surface area contributed by atoms with Gasteiger partial charge in [0.25, 0.3) is 6.01 Å². The number of benzene rings is 2. The third-order valence-electron chi connectivity index (χ3n) is 6.20.